The quantitative estimate of drug-likeness (QED) is 0.229. The van der Waals surface area contributed by atoms with Crippen molar-refractivity contribution in [2.75, 3.05) is 59.2 Å². The van der Waals surface area contributed by atoms with E-state index in [2.05, 4.69) is 10.2 Å². The lowest BCUT2D eigenvalue weighted by Gasteiger charge is -2.22. The van der Waals surface area contributed by atoms with E-state index in [-0.39, 0.29) is 24.0 Å². The summed E-state index contributed by atoms with van der Waals surface area (Å²) < 4.78 is 30.4. The summed E-state index contributed by atoms with van der Waals surface area (Å²) in [4.78, 5) is 6.78. The van der Waals surface area contributed by atoms with Gasteiger partial charge in [0.2, 0.25) is 10.0 Å². The molecule has 1 unspecified atom stereocenters. The minimum absolute atomic E-state index is 0. The smallest absolute Gasteiger partial charge is 0.211 e. The lowest BCUT2D eigenvalue weighted by molar-refractivity contribution is 0.115. The molecule has 1 heterocycles. The van der Waals surface area contributed by atoms with Gasteiger partial charge in [0.05, 0.1) is 12.9 Å². The number of ether oxygens (including phenoxy) is 1. The molecule has 0 radical (unpaired) electrons. The third kappa shape index (κ3) is 8.40. The Labute approximate surface area is 169 Å². The Bertz CT molecular complexity index is 525. The molecule has 0 bridgehead atoms. The topological polar surface area (TPSA) is 74.2 Å². The van der Waals surface area contributed by atoms with Crippen LogP contribution in [0.25, 0.3) is 0 Å². The van der Waals surface area contributed by atoms with Gasteiger partial charge in [-0.2, -0.15) is 0 Å². The van der Waals surface area contributed by atoms with E-state index in [0.29, 0.717) is 32.2 Å². The first-order chi connectivity index (χ1) is 11.4. The monoisotopic (exact) mass is 488 g/mol. The molecule has 0 aromatic rings. The minimum Gasteiger partial charge on any atom is -0.379 e. The van der Waals surface area contributed by atoms with Crippen LogP contribution in [-0.4, -0.2) is 82.8 Å². The van der Waals surface area contributed by atoms with Crippen LogP contribution in [0.5, 0.6) is 0 Å². The molecule has 2 rings (SSSR count). The average Bonchev–Trinajstić information content (AvgIpc) is 3.21. The zero-order chi connectivity index (χ0) is 17.6. The second kappa shape index (κ2) is 10.9. The zero-order valence-corrected chi connectivity index (χ0v) is 18.8. The standard InChI is InChI=1S/C16H32N4O3S.HI/c1-4-17-16(19(2)9-10-23-13-14-5-6-14)18-11-15-7-8-20(12-15)24(3,21)22;/h14-15H,4-13H2,1-3H3,(H,17,18);1H. The molecule has 2 fully saturated rings. The Morgan fingerprint density at radius 3 is 2.60 bits per heavy atom. The van der Waals surface area contributed by atoms with E-state index < -0.39 is 10.0 Å². The van der Waals surface area contributed by atoms with Crippen LogP contribution in [0.3, 0.4) is 0 Å². The van der Waals surface area contributed by atoms with Gasteiger partial charge >= 0.3 is 0 Å². The molecular formula is C16H33IN4O3S. The van der Waals surface area contributed by atoms with E-state index >= 15 is 0 Å². The van der Waals surface area contributed by atoms with Crippen molar-refractivity contribution in [1.82, 2.24) is 14.5 Å². The van der Waals surface area contributed by atoms with Gasteiger partial charge in [-0.05, 0) is 38.0 Å². The molecule has 0 aromatic carbocycles. The summed E-state index contributed by atoms with van der Waals surface area (Å²) in [6.45, 7) is 7.10. The Morgan fingerprint density at radius 2 is 2.04 bits per heavy atom. The van der Waals surface area contributed by atoms with Crippen molar-refractivity contribution in [3.8, 4) is 0 Å². The molecule has 9 heteroatoms. The predicted molar refractivity (Wildman–Crippen MR) is 112 cm³/mol. The van der Waals surface area contributed by atoms with E-state index in [9.17, 15) is 8.42 Å². The fourth-order valence-corrected chi connectivity index (χ4v) is 3.69. The van der Waals surface area contributed by atoms with E-state index in [1.54, 1.807) is 4.31 Å². The number of hydrogen-bond donors (Lipinski definition) is 1. The molecule has 0 amide bonds. The van der Waals surface area contributed by atoms with Crippen molar-refractivity contribution in [1.29, 1.82) is 0 Å². The van der Waals surface area contributed by atoms with Crippen LogP contribution in [0.15, 0.2) is 4.99 Å². The average molecular weight is 488 g/mol. The first kappa shape index (κ1) is 22.9. The van der Waals surface area contributed by atoms with Crippen LogP contribution < -0.4 is 5.32 Å². The number of sulfonamides is 1. The third-order valence-electron chi connectivity index (χ3n) is 4.53. The minimum atomic E-state index is -3.08. The van der Waals surface area contributed by atoms with Gasteiger partial charge in [-0.1, -0.05) is 0 Å². The van der Waals surface area contributed by atoms with Gasteiger partial charge < -0.3 is 15.0 Å². The van der Waals surface area contributed by atoms with Gasteiger partial charge in [0.25, 0.3) is 0 Å². The Kier molecular flexibility index (Phi) is 9.97. The second-order valence-electron chi connectivity index (χ2n) is 6.91. The van der Waals surface area contributed by atoms with Gasteiger partial charge in [-0.3, -0.25) is 4.99 Å². The molecule has 1 atom stereocenters. The summed E-state index contributed by atoms with van der Waals surface area (Å²) in [6.07, 6.45) is 4.78. The van der Waals surface area contributed by atoms with Crippen LogP contribution in [0, 0.1) is 11.8 Å². The number of nitrogens with zero attached hydrogens (tertiary/aromatic N) is 3. The van der Waals surface area contributed by atoms with Crippen LogP contribution in [0.2, 0.25) is 0 Å². The molecule has 0 spiro atoms. The normalized spacial score (nSPS) is 21.9. The van der Waals surface area contributed by atoms with Crippen molar-refractivity contribution in [2.45, 2.75) is 26.2 Å². The second-order valence-corrected chi connectivity index (χ2v) is 8.89. The van der Waals surface area contributed by atoms with E-state index in [0.717, 1.165) is 38.0 Å². The molecular weight excluding hydrogens is 455 g/mol. The molecule has 148 valence electrons. The van der Waals surface area contributed by atoms with Crippen LogP contribution in [0.4, 0.5) is 0 Å². The van der Waals surface area contributed by atoms with Crippen molar-refractivity contribution in [3.05, 3.63) is 0 Å². The van der Waals surface area contributed by atoms with Crippen molar-refractivity contribution in [2.24, 2.45) is 16.8 Å². The van der Waals surface area contributed by atoms with Crippen LogP contribution >= 0.6 is 24.0 Å². The highest BCUT2D eigenvalue weighted by Crippen LogP contribution is 2.28. The Morgan fingerprint density at radius 1 is 1.32 bits per heavy atom. The predicted octanol–water partition coefficient (Wildman–Crippen LogP) is 1.21. The molecule has 1 saturated carbocycles. The fraction of sp³-hybridized carbons (Fsp3) is 0.938. The SMILES string of the molecule is CCNC(=NCC1CCN(S(C)(=O)=O)C1)N(C)CCOCC1CC1.I. The maximum Gasteiger partial charge on any atom is 0.211 e. The summed E-state index contributed by atoms with van der Waals surface area (Å²) in [5, 5.41) is 3.30. The van der Waals surface area contributed by atoms with Gasteiger partial charge in [0.1, 0.15) is 0 Å². The molecule has 1 saturated heterocycles. The first-order valence-electron chi connectivity index (χ1n) is 8.92. The highest BCUT2D eigenvalue weighted by molar-refractivity contribution is 14.0. The van der Waals surface area contributed by atoms with E-state index in [1.807, 2.05) is 14.0 Å². The molecule has 1 N–H and O–H groups in total. The van der Waals surface area contributed by atoms with Crippen LogP contribution in [-0.2, 0) is 14.8 Å². The Hall–Kier alpha value is -0.130. The van der Waals surface area contributed by atoms with E-state index in [4.69, 9.17) is 9.73 Å². The number of halogens is 1. The number of rotatable bonds is 9. The molecule has 0 aromatic heterocycles. The highest BCUT2D eigenvalue weighted by atomic mass is 127. The number of likely N-dealkylation sites (N-methyl/N-ethyl adjacent to an activating group) is 1. The number of nitrogens with one attached hydrogen (secondary N) is 1. The van der Waals surface area contributed by atoms with Gasteiger partial charge in [-0.15, -0.1) is 24.0 Å². The van der Waals surface area contributed by atoms with Gasteiger partial charge in [0, 0.05) is 46.4 Å². The van der Waals surface area contributed by atoms with Crippen molar-refractivity contribution < 1.29 is 13.2 Å². The number of guanidine groups is 1. The highest BCUT2D eigenvalue weighted by Gasteiger charge is 2.28. The molecule has 25 heavy (non-hydrogen) atoms. The zero-order valence-electron chi connectivity index (χ0n) is 15.6. The number of hydrogen-bond acceptors (Lipinski definition) is 4. The number of aliphatic imine (C=N–C) groups is 1. The first-order valence-corrected chi connectivity index (χ1v) is 10.8. The maximum atomic E-state index is 11.6. The molecule has 1 aliphatic heterocycles. The van der Waals surface area contributed by atoms with Gasteiger partial charge in [-0.25, -0.2) is 12.7 Å². The molecule has 2 aliphatic rings. The van der Waals surface area contributed by atoms with Crippen LogP contribution in [0.1, 0.15) is 26.2 Å². The maximum absolute atomic E-state index is 11.6. The Balaban J connectivity index is 0.00000312. The summed E-state index contributed by atoms with van der Waals surface area (Å²) >= 11 is 0. The third-order valence-corrected chi connectivity index (χ3v) is 5.80. The lowest BCUT2D eigenvalue weighted by atomic mass is 10.1. The fourth-order valence-electron chi connectivity index (χ4n) is 2.77. The summed E-state index contributed by atoms with van der Waals surface area (Å²) in [7, 11) is -1.06. The lowest BCUT2D eigenvalue weighted by Crippen LogP contribution is -2.41. The largest absolute Gasteiger partial charge is 0.379 e. The van der Waals surface area contributed by atoms with Crippen molar-refractivity contribution in [3.63, 3.8) is 0 Å². The molecule has 1 aliphatic carbocycles. The summed E-state index contributed by atoms with van der Waals surface area (Å²) in [6, 6.07) is 0. The van der Waals surface area contributed by atoms with E-state index in [1.165, 1.54) is 19.1 Å². The molecule has 7 nitrogen and oxygen atoms in total. The van der Waals surface area contributed by atoms with Gasteiger partial charge in [0.15, 0.2) is 5.96 Å². The summed E-state index contributed by atoms with van der Waals surface area (Å²) in [5.41, 5.74) is 0. The summed E-state index contributed by atoms with van der Waals surface area (Å²) in [5.74, 6) is 1.95. The van der Waals surface area contributed by atoms with Crippen molar-refractivity contribution >= 4 is 40.0 Å².